The molecule has 1 saturated heterocycles. The van der Waals surface area contributed by atoms with Crippen LogP contribution in [0.25, 0.3) is 0 Å². The molecule has 0 radical (unpaired) electrons. The van der Waals surface area contributed by atoms with E-state index in [0.717, 1.165) is 32.4 Å². The Kier molecular flexibility index (Phi) is 7.09. The molecule has 0 aliphatic carbocycles. The molecule has 1 heterocycles. The zero-order chi connectivity index (χ0) is 17.4. The highest BCUT2D eigenvalue weighted by Gasteiger charge is 2.21. The Bertz CT molecular complexity index is 542. The summed E-state index contributed by atoms with van der Waals surface area (Å²) in [5.41, 5.74) is 2.43. The second-order valence-corrected chi connectivity index (χ2v) is 6.44. The van der Waals surface area contributed by atoms with Gasteiger partial charge in [-0.15, -0.1) is 0 Å². The van der Waals surface area contributed by atoms with Gasteiger partial charge in [-0.05, 0) is 31.7 Å². The molecular formula is C19H29N3O2. The van der Waals surface area contributed by atoms with Crippen molar-refractivity contribution in [3.8, 4) is 0 Å². The van der Waals surface area contributed by atoms with Crippen LogP contribution in [-0.2, 0) is 11.2 Å². The monoisotopic (exact) mass is 331 g/mol. The van der Waals surface area contributed by atoms with Gasteiger partial charge in [0.05, 0.1) is 0 Å². The second kappa shape index (κ2) is 9.30. The van der Waals surface area contributed by atoms with E-state index in [1.807, 2.05) is 16.7 Å². The molecule has 1 aromatic rings. The van der Waals surface area contributed by atoms with E-state index >= 15 is 0 Å². The van der Waals surface area contributed by atoms with E-state index in [-0.39, 0.29) is 11.9 Å². The summed E-state index contributed by atoms with van der Waals surface area (Å²) in [7, 11) is 0. The third kappa shape index (κ3) is 5.55. The lowest BCUT2D eigenvalue weighted by molar-refractivity contribution is -0.131. The number of carbonyl (C=O) groups excluding carboxylic acids is 2. The average Bonchev–Trinajstić information content (AvgIpc) is 2.85. The van der Waals surface area contributed by atoms with E-state index < -0.39 is 0 Å². The van der Waals surface area contributed by atoms with Crippen LogP contribution in [0.2, 0.25) is 0 Å². The van der Waals surface area contributed by atoms with Crippen LogP contribution in [-0.4, -0.2) is 54.5 Å². The highest BCUT2D eigenvalue weighted by Crippen LogP contribution is 2.10. The number of hydrogen-bond donors (Lipinski definition) is 1. The third-order valence-electron chi connectivity index (χ3n) is 4.41. The molecule has 2 rings (SSSR count). The number of urea groups is 1. The van der Waals surface area contributed by atoms with Crippen molar-refractivity contribution < 1.29 is 9.59 Å². The van der Waals surface area contributed by atoms with Gasteiger partial charge in [-0.25, -0.2) is 4.79 Å². The largest absolute Gasteiger partial charge is 0.341 e. The van der Waals surface area contributed by atoms with Crippen molar-refractivity contribution in [1.29, 1.82) is 0 Å². The normalized spacial score (nSPS) is 15.1. The van der Waals surface area contributed by atoms with Crippen LogP contribution in [0.4, 0.5) is 4.79 Å². The van der Waals surface area contributed by atoms with Crippen LogP contribution >= 0.6 is 0 Å². The van der Waals surface area contributed by atoms with Crippen molar-refractivity contribution in [2.45, 2.75) is 39.5 Å². The van der Waals surface area contributed by atoms with Crippen molar-refractivity contribution in [3.05, 3.63) is 35.4 Å². The van der Waals surface area contributed by atoms with Crippen LogP contribution in [0.3, 0.4) is 0 Å². The fourth-order valence-corrected chi connectivity index (χ4v) is 2.88. The van der Waals surface area contributed by atoms with E-state index in [1.54, 1.807) is 0 Å². The van der Waals surface area contributed by atoms with Gasteiger partial charge in [0.25, 0.3) is 0 Å². The van der Waals surface area contributed by atoms with Crippen molar-refractivity contribution in [1.82, 2.24) is 15.1 Å². The molecule has 5 nitrogen and oxygen atoms in total. The Labute approximate surface area is 145 Å². The highest BCUT2D eigenvalue weighted by atomic mass is 16.2. The molecule has 24 heavy (non-hydrogen) atoms. The van der Waals surface area contributed by atoms with Gasteiger partial charge in [0.15, 0.2) is 0 Å². The van der Waals surface area contributed by atoms with Crippen LogP contribution in [0.1, 0.15) is 37.3 Å². The molecule has 0 atom stereocenters. The predicted molar refractivity (Wildman–Crippen MR) is 96.0 cm³/mol. The molecule has 1 fully saturated rings. The number of carbonyl (C=O) groups is 2. The van der Waals surface area contributed by atoms with E-state index in [9.17, 15) is 9.59 Å². The van der Waals surface area contributed by atoms with Crippen molar-refractivity contribution in [3.63, 3.8) is 0 Å². The SMILES string of the molecule is CCCNC(=O)N1CCCN(C(=O)CCc2ccc(C)cc2)CC1. The highest BCUT2D eigenvalue weighted by molar-refractivity contribution is 5.77. The summed E-state index contributed by atoms with van der Waals surface area (Å²) in [5.74, 6) is 0.186. The molecule has 132 valence electrons. The molecule has 0 unspecified atom stereocenters. The van der Waals surface area contributed by atoms with E-state index in [1.165, 1.54) is 11.1 Å². The first-order valence-electron chi connectivity index (χ1n) is 8.96. The van der Waals surface area contributed by atoms with E-state index in [4.69, 9.17) is 0 Å². The lowest BCUT2D eigenvalue weighted by Crippen LogP contribution is -2.42. The van der Waals surface area contributed by atoms with Crippen molar-refractivity contribution in [2.24, 2.45) is 0 Å². The van der Waals surface area contributed by atoms with E-state index in [2.05, 4.69) is 36.5 Å². The molecule has 1 aliphatic rings. The first kappa shape index (κ1) is 18.3. The number of rotatable bonds is 5. The number of nitrogens with zero attached hydrogens (tertiary/aromatic N) is 2. The van der Waals surface area contributed by atoms with Gasteiger partial charge in [-0.2, -0.15) is 0 Å². The molecule has 0 saturated carbocycles. The summed E-state index contributed by atoms with van der Waals surface area (Å²) in [6.07, 6.45) is 3.08. The predicted octanol–water partition coefficient (Wildman–Crippen LogP) is 2.58. The van der Waals surface area contributed by atoms with Gasteiger partial charge in [0, 0.05) is 39.1 Å². The fourth-order valence-electron chi connectivity index (χ4n) is 2.88. The summed E-state index contributed by atoms with van der Waals surface area (Å²) < 4.78 is 0. The summed E-state index contributed by atoms with van der Waals surface area (Å²) in [6.45, 7) is 7.51. The van der Waals surface area contributed by atoms with Gasteiger partial charge in [-0.3, -0.25) is 4.79 Å². The fraction of sp³-hybridized carbons (Fsp3) is 0.579. The zero-order valence-electron chi connectivity index (χ0n) is 14.9. The Morgan fingerprint density at radius 3 is 2.42 bits per heavy atom. The number of benzene rings is 1. The molecule has 0 aromatic heterocycles. The minimum Gasteiger partial charge on any atom is -0.341 e. The van der Waals surface area contributed by atoms with Crippen LogP contribution in [0, 0.1) is 6.92 Å². The Morgan fingerprint density at radius 1 is 1.04 bits per heavy atom. The molecule has 0 bridgehead atoms. The Balaban J connectivity index is 1.78. The number of hydrogen-bond acceptors (Lipinski definition) is 2. The molecule has 1 N–H and O–H groups in total. The standard InChI is InChI=1S/C19H29N3O2/c1-3-11-20-19(24)22-13-4-12-21(14-15-22)18(23)10-9-17-7-5-16(2)6-8-17/h5-8H,3-4,9-15H2,1-2H3,(H,20,24). The maximum atomic E-state index is 12.4. The molecular weight excluding hydrogens is 302 g/mol. The molecule has 1 aliphatic heterocycles. The molecule has 5 heteroatoms. The number of aryl methyl sites for hydroxylation is 2. The van der Waals surface area contributed by atoms with Crippen LogP contribution in [0.15, 0.2) is 24.3 Å². The summed E-state index contributed by atoms with van der Waals surface area (Å²) in [5, 5.41) is 2.91. The summed E-state index contributed by atoms with van der Waals surface area (Å²) in [4.78, 5) is 28.2. The number of nitrogens with one attached hydrogen (secondary N) is 1. The lowest BCUT2D eigenvalue weighted by atomic mass is 10.1. The smallest absolute Gasteiger partial charge is 0.317 e. The lowest BCUT2D eigenvalue weighted by Gasteiger charge is -2.22. The average molecular weight is 331 g/mol. The Hall–Kier alpha value is -2.04. The summed E-state index contributed by atoms with van der Waals surface area (Å²) in [6, 6.07) is 8.33. The first-order valence-corrected chi connectivity index (χ1v) is 8.96. The first-order chi connectivity index (χ1) is 11.6. The van der Waals surface area contributed by atoms with Gasteiger partial charge in [-0.1, -0.05) is 36.8 Å². The topological polar surface area (TPSA) is 52.7 Å². The van der Waals surface area contributed by atoms with Crippen molar-refractivity contribution in [2.75, 3.05) is 32.7 Å². The molecule has 0 spiro atoms. The maximum absolute atomic E-state index is 12.4. The minimum absolute atomic E-state index is 0.00851. The number of amides is 3. The quantitative estimate of drug-likeness (QED) is 0.901. The minimum atomic E-state index is -0.00851. The van der Waals surface area contributed by atoms with Gasteiger partial charge >= 0.3 is 6.03 Å². The molecule has 1 aromatic carbocycles. The van der Waals surface area contributed by atoms with Crippen LogP contribution in [0.5, 0.6) is 0 Å². The van der Waals surface area contributed by atoms with Gasteiger partial charge < -0.3 is 15.1 Å². The van der Waals surface area contributed by atoms with Crippen LogP contribution < -0.4 is 5.32 Å². The second-order valence-electron chi connectivity index (χ2n) is 6.44. The third-order valence-corrected chi connectivity index (χ3v) is 4.41. The van der Waals surface area contributed by atoms with Crippen molar-refractivity contribution >= 4 is 11.9 Å². The zero-order valence-corrected chi connectivity index (χ0v) is 14.9. The van der Waals surface area contributed by atoms with E-state index in [0.29, 0.717) is 26.1 Å². The maximum Gasteiger partial charge on any atom is 0.317 e. The summed E-state index contributed by atoms with van der Waals surface area (Å²) >= 11 is 0. The molecule has 3 amide bonds. The Morgan fingerprint density at radius 2 is 1.71 bits per heavy atom. The van der Waals surface area contributed by atoms with Gasteiger partial charge in [0.2, 0.25) is 5.91 Å². The van der Waals surface area contributed by atoms with Gasteiger partial charge in [0.1, 0.15) is 0 Å².